The van der Waals surface area contributed by atoms with Crippen molar-refractivity contribution in [2.75, 3.05) is 37.6 Å². The van der Waals surface area contributed by atoms with Crippen molar-refractivity contribution >= 4 is 17.5 Å². The standard InChI is InChI=1S/C22H26FN3O2/c1-18(27)26(17-19-7-5-6-10-21(19)23)12-11-22(28)25-15-13-24(14-16-25)20-8-3-2-4-9-20/h2-10H,11-17H2,1H3. The van der Waals surface area contributed by atoms with Crippen molar-refractivity contribution in [1.29, 1.82) is 0 Å². The molecule has 0 bridgehead atoms. The largest absolute Gasteiger partial charge is 0.368 e. The van der Waals surface area contributed by atoms with Gasteiger partial charge in [0.15, 0.2) is 0 Å². The van der Waals surface area contributed by atoms with E-state index in [0.29, 0.717) is 25.2 Å². The summed E-state index contributed by atoms with van der Waals surface area (Å²) in [5.41, 5.74) is 1.63. The third kappa shape index (κ3) is 5.09. The van der Waals surface area contributed by atoms with Gasteiger partial charge in [-0.05, 0) is 18.2 Å². The van der Waals surface area contributed by atoms with Gasteiger partial charge in [0.2, 0.25) is 11.8 Å². The maximum Gasteiger partial charge on any atom is 0.224 e. The summed E-state index contributed by atoms with van der Waals surface area (Å²) in [6.07, 6.45) is 0.249. The fraction of sp³-hybridized carbons (Fsp3) is 0.364. The van der Waals surface area contributed by atoms with Crippen LogP contribution in [-0.2, 0) is 16.1 Å². The Bertz CT molecular complexity index is 804. The summed E-state index contributed by atoms with van der Waals surface area (Å²) >= 11 is 0. The van der Waals surface area contributed by atoms with Crippen LogP contribution in [-0.4, -0.2) is 54.3 Å². The number of nitrogens with zero attached hydrogens (tertiary/aromatic N) is 3. The lowest BCUT2D eigenvalue weighted by Gasteiger charge is -2.36. The lowest BCUT2D eigenvalue weighted by Crippen LogP contribution is -2.49. The average molecular weight is 383 g/mol. The van der Waals surface area contributed by atoms with Gasteiger partial charge in [-0.2, -0.15) is 0 Å². The van der Waals surface area contributed by atoms with Gasteiger partial charge in [-0.25, -0.2) is 4.39 Å². The molecular weight excluding hydrogens is 357 g/mol. The lowest BCUT2D eigenvalue weighted by molar-refractivity contribution is -0.134. The van der Waals surface area contributed by atoms with Crippen LogP contribution in [0.5, 0.6) is 0 Å². The van der Waals surface area contributed by atoms with Crippen molar-refractivity contribution in [3.8, 4) is 0 Å². The highest BCUT2D eigenvalue weighted by Gasteiger charge is 2.22. The minimum absolute atomic E-state index is 0.0347. The van der Waals surface area contributed by atoms with Crippen molar-refractivity contribution in [3.63, 3.8) is 0 Å². The molecule has 0 saturated carbocycles. The zero-order valence-electron chi connectivity index (χ0n) is 16.2. The highest BCUT2D eigenvalue weighted by molar-refractivity contribution is 5.78. The number of anilines is 1. The molecular formula is C22H26FN3O2. The minimum atomic E-state index is -0.336. The fourth-order valence-electron chi connectivity index (χ4n) is 3.42. The molecule has 0 radical (unpaired) electrons. The van der Waals surface area contributed by atoms with E-state index < -0.39 is 0 Å². The second-order valence-corrected chi connectivity index (χ2v) is 6.99. The molecule has 0 unspecified atom stereocenters. The van der Waals surface area contributed by atoms with Crippen molar-refractivity contribution in [2.24, 2.45) is 0 Å². The Kier molecular flexibility index (Phi) is 6.63. The van der Waals surface area contributed by atoms with E-state index >= 15 is 0 Å². The number of rotatable bonds is 6. The van der Waals surface area contributed by atoms with Crippen LogP contribution in [0.3, 0.4) is 0 Å². The molecule has 2 amide bonds. The van der Waals surface area contributed by atoms with Gasteiger partial charge in [0.05, 0.1) is 0 Å². The van der Waals surface area contributed by atoms with Gasteiger partial charge < -0.3 is 14.7 Å². The van der Waals surface area contributed by atoms with Gasteiger partial charge in [-0.15, -0.1) is 0 Å². The van der Waals surface area contributed by atoms with Crippen LogP contribution in [0.1, 0.15) is 18.9 Å². The van der Waals surface area contributed by atoms with E-state index in [0.717, 1.165) is 13.1 Å². The van der Waals surface area contributed by atoms with Gasteiger partial charge in [0, 0.05) is 63.9 Å². The van der Waals surface area contributed by atoms with Crippen LogP contribution in [0.4, 0.5) is 10.1 Å². The van der Waals surface area contributed by atoms with Crippen LogP contribution in [0.2, 0.25) is 0 Å². The molecule has 1 saturated heterocycles. The SMILES string of the molecule is CC(=O)N(CCC(=O)N1CCN(c2ccccc2)CC1)Cc1ccccc1F. The highest BCUT2D eigenvalue weighted by Crippen LogP contribution is 2.16. The molecule has 6 heteroatoms. The first-order valence-corrected chi connectivity index (χ1v) is 9.61. The van der Waals surface area contributed by atoms with E-state index in [1.54, 1.807) is 18.2 Å². The Morgan fingerprint density at radius 3 is 2.25 bits per heavy atom. The van der Waals surface area contributed by atoms with Crippen LogP contribution >= 0.6 is 0 Å². The number of hydrogen-bond donors (Lipinski definition) is 0. The van der Waals surface area contributed by atoms with Gasteiger partial charge in [-0.1, -0.05) is 36.4 Å². The molecule has 148 valence electrons. The van der Waals surface area contributed by atoms with Gasteiger partial charge in [0.25, 0.3) is 0 Å². The van der Waals surface area contributed by atoms with Gasteiger partial charge in [-0.3, -0.25) is 9.59 Å². The van der Waals surface area contributed by atoms with Gasteiger partial charge in [0.1, 0.15) is 5.82 Å². The molecule has 28 heavy (non-hydrogen) atoms. The second kappa shape index (κ2) is 9.35. The van der Waals surface area contributed by atoms with Crippen molar-refractivity contribution in [1.82, 2.24) is 9.80 Å². The maximum atomic E-state index is 13.9. The Morgan fingerprint density at radius 2 is 1.61 bits per heavy atom. The first kappa shape index (κ1) is 19.9. The van der Waals surface area contributed by atoms with Crippen LogP contribution in [0.15, 0.2) is 54.6 Å². The number of carbonyl (C=O) groups excluding carboxylic acids is 2. The predicted octanol–water partition coefficient (Wildman–Crippen LogP) is 2.91. The quantitative estimate of drug-likeness (QED) is 0.770. The van der Waals surface area contributed by atoms with Crippen molar-refractivity contribution in [2.45, 2.75) is 19.9 Å². The Hall–Kier alpha value is -2.89. The third-order valence-corrected chi connectivity index (χ3v) is 5.11. The molecule has 1 heterocycles. The number of piperazine rings is 1. The second-order valence-electron chi connectivity index (χ2n) is 6.99. The topological polar surface area (TPSA) is 43.9 Å². The van der Waals surface area contributed by atoms with Crippen molar-refractivity contribution in [3.05, 3.63) is 66.0 Å². The highest BCUT2D eigenvalue weighted by atomic mass is 19.1. The molecule has 0 N–H and O–H groups in total. The number of amides is 2. The smallest absolute Gasteiger partial charge is 0.224 e. The Balaban J connectivity index is 1.50. The summed E-state index contributed by atoms with van der Waals surface area (Å²) in [6, 6.07) is 16.6. The molecule has 1 fully saturated rings. The Morgan fingerprint density at radius 1 is 0.964 bits per heavy atom. The molecule has 0 aliphatic carbocycles. The summed E-state index contributed by atoms with van der Waals surface area (Å²) in [7, 11) is 0. The normalized spacial score (nSPS) is 14.1. The maximum absolute atomic E-state index is 13.9. The summed E-state index contributed by atoms with van der Waals surface area (Å²) in [5, 5.41) is 0. The van der Waals surface area contributed by atoms with E-state index in [9.17, 15) is 14.0 Å². The van der Waals surface area contributed by atoms with Crippen LogP contribution in [0, 0.1) is 5.82 Å². The molecule has 2 aromatic carbocycles. The van der Waals surface area contributed by atoms with E-state index in [4.69, 9.17) is 0 Å². The van der Waals surface area contributed by atoms with Gasteiger partial charge >= 0.3 is 0 Å². The molecule has 0 atom stereocenters. The number of para-hydroxylation sites is 1. The summed E-state index contributed by atoms with van der Waals surface area (Å²) < 4.78 is 13.9. The van der Waals surface area contributed by atoms with Crippen molar-refractivity contribution < 1.29 is 14.0 Å². The van der Waals surface area contributed by atoms with E-state index in [-0.39, 0.29) is 30.6 Å². The number of halogens is 1. The fourth-order valence-corrected chi connectivity index (χ4v) is 3.42. The average Bonchev–Trinajstić information content (AvgIpc) is 2.72. The molecule has 1 aliphatic rings. The summed E-state index contributed by atoms with van der Waals surface area (Å²) in [4.78, 5) is 30.1. The number of carbonyl (C=O) groups is 2. The number of hydrogen-bond acceptors (Lipinski definition) is 3. The van der Waals surface area contributed by atoms with E-state index in [1.807, 2.05) is 23.1 Å². The molecule has 2 aromatic rings. The zero-order valence-corrected chi connectivity index (χ0v) is 16.2. The molecule has 0 aromatic heterocycles. The monoisotopic (exact) mass is 383 g/mol. The molecule has 5 nitrogen and oxygen atoms in total. The molecule has 3 rings (SSSR count). The predicted molar refractivity (Wildman–Crippen MR) is 107 cm³/mol. The lowest BCUT2D eigenvalue weighted by atomic mass is 10.2. The molecule has 0 spiro atoms. The summed E-state index contributed by atoms with van der Waals surface area (Å²) in [6.45, 7) is 4.84. The minimum Gasteiger partial charge on any atom is -0.368 e. The zero-order chi connectivity index (χ0) is 19.9. The van der Waals surface area contributed by atoms with E-state index in [1.165, 1.54) is 23.6 Å². The first-order valence-electron chi connectivity index (χ1n) is 9.61. The Labute approximate surface area is 165 Å². The third-order valence-electron chi connectivity index (χ3n) is 5.11. The van der Waals surface area contributed by atoms with Crippen LogP contribution in [0.25, 0.3) is 0 Å². The first-order chi connectivity index (χ1) is 13.5. The van der Waals surface area contributed by atoms with E-state index in [2.05, 4.69) is 17.0 Å². The van der Waals surface area contributed by atoms with Crippen LogP contribution < -0.4 is 4.90 Å². The molecule has 1 aliphatic heterocycles. The number of benzene rings is 2. The summed E-state index contributed by atoms with van der Waals surface area (Å²) in [5.74, 6) is -0.463.